The number of methoxy groups -OCH3 is 1. The fraction of sp³-hybridized carbons (Fsp3) is 0.278. The molecule has 0 spiro atoms. The van der Waals surface area contributed by atoms with Crippen molar-refractivity contribution in [3.8, 4) is 5.75 Å². The Morgan fingerprint density at radius 3 is 2.40 bits per heavy atom. The van der Waals surface area contributed by atoms with Gasteiger partial charge in [0.1, 0.15) is 11.3 Å². The van der Waals surface area contributed by atoms with Crippen LogP contribution in [0.3, 0.4) is 0 Å². The van der Waals surface area contributed by atoms with Crippen molar-refractivity contribution in [1.82, 2.24) is 4.98 Å². The topological polar surface area (TPSA) is 106 Å². The summed E-state index contributed by atoms with van der Waals surface area (Å²) in [6.45, 7) is 4.50. The average molecular weight is 345 g/mol. The van der Waals surface area contributed by atoms with Crippen molar-refractivity contribution >= 4 is 17.7 Å². The number of esters is 2. The maximum absolute atomic E-state index is 12.3. The summed E-state index contributed by atoms with van der Waals surface area (Å²) in [7, 11) is 1.26. The Kier molecular flexibility index (Phi) is 5.26. The molecule has 2 aromatic rings. The summed E-state index contributed by atoms with van der Waals surface area (Å²) >= 11 is 0. The van der Waals surface area contributed by atoms with E-state index in [-0.39, 0.29) is 22.6 Å². The molecule has 2 rings (SSSR count). The molecule has 1 heterocycles. The molecule has 7 nitrogen and oxygen atoms in total. The second-order valence-electron chi connectivity index (χ2n) is 5.64. The smallest absolute Gasteiger partial charge is 0.342 e. The average Bonchev–Trinajstić information content (AvgIpc) is 2.86. The van der Waals surface area contributed by atoms with Gasteiger partial charge in [0.25, 0.3) is 0 Å². The summed E-state index contributed by atoms with van der Waals surface area (Å²) in [4.78, 5) is 38.9. The molecule has 0 aliphatic rings. The number of hydrogen-bond acceptors (Lipinski definition) is 6. The van der Waals surface area contributed by atoms with E-state index >= 15 is 0 Å². The first-order chi connectivity index (χ1) is 11.8. The highest BCUT2D eigenvalue weighted by Crippen LogP contribution is 2.21. The summed E-state index contributed by atoms with van der Waals surface area (Å²) in [5, 5.41) is 9.77. The second kappa shape index (κ2) is 7.21. The molecule has 1 aromatic carbocycles. The zero-order chi connectivity index (χ0) is 18.7. The van der Waals surface area contributed by atoms with Gasteiger partial charge in [-0.2, -0.15) is 0 Å². The SMILES string of the molecule is COC(=O)c1c(C)[nH]c(C(=O)COC(=O)c2ccc(C)cc2O)c1C. The van der Waals surface area contributed by atoms with E-state index in [4.69, 9.17) is 4.74 Å². The molecule has 0 aliphatic carbocycles. The number of ether oxygens (including phenoxy) is 2. The molecule has 0 amide bonds. The van der Waals surface area contributed by atoms with E-state index in [9.17, 15) is 19.5 Å². The Morgan fingerprint density at radius 1 is 1.12 bits per heavy atom. The number of aryl methyl sites for hydroxylation is 2. The molecule has 0 bridgehead atoms. The van der Waals surface area contributed by atoms with Crippen LogP contribution in [0.4, 0.5) is 0 Å². The second-order valence-corrected chi connectivity index (χ2v) is 5.64. The van der Waals surface area contributed by atoms with Crippen molar-refractivity contribution in [2.45, 2.75) is 20.8 Å². The molecule has 0 saturated heterocycles. The number of benzene rings is 1. The lowest BCUT2D eigenvalue weighted by atomic mass is 10.1. The van der Waals surface area contributed by atoms with Crippen LogP contribution in [0.2, 0.25) is 0 Å². The highest BCUT2D eigenvalue weighted by molar-refractivity contribution is 6.03. The lowest BCUT2D eigenvalue weighted by molar-refractivity contribution is 0.0470. The van der Waals surface area contributed by atoms with Crippen LogP contribution in [0, 0.1) is 20.8 Å². The zero-order valence-electron chi connectivity index (χ0n) is 14.4. The van der Waals surface area contributed by atoms with Crippen LogP contribution >= 0.6 is 0 Å². The van der Waals surface area contributed by atoms with Crippen molar-refractivity contribution in [2.75, 3.05) is 13.7 Å². The monoisotopic (exact) mass is 345 g/mol. The van der Waals surface area contributed by atoms with E-state index < -0.39 is 24.3 Å². The minimum atomic E-state index is -0.806. The van der Waals surface area contributed by atoms with Crippen molar-refractivity contribution in [3.63, 3.8) is 0 Å². The first-order valence-corrected chi connectivity index (χ1v) is 7.53. The van der Waals surface area contributed by atoms with Crippen LogP contribution in [0.5, 0.6) is 5.75 Å². The molecule has 2 N–H and O–H groups in total. The van der Waals surface area contributed by atoms with Gasteiger partial charge in [-0.25, -0.2) is 9.59 Å². The first kappa shape index (κ1) is 18.3. The van der Waals surface area contributed by atoms with Gasteiger partial charge in [0.05, 0.1) is 18.4 Å². The molecule has 0 atom stereocenters. The largest absolute Gasteiger partial charge is 0.507 e. The van der Waals surface area contributed by atoms with E-state index in [0.29, 0.717) is 11.3 Å². The number of aromatic amines is 1. The number of aromatic nitrogens is 1. The summed E-state index contributed by atoms with van der Waals surface area (Å²) in [6.07, 6.45) is 0. The normalized spacial score (nSPS) is 10.4. The summed E-state index contributed by atoms with van der Waals surface area (Å²) in [6, 6.07) is 4.51. The van der Waals surface area contributed by atoms with Crippen molar-refractivity contribution in [3.05, 3.63) is 51.8 Å². The van der Waals surface area contributed by atoms with E-state index in [1.807, 2.05) is 0 Å². The highest BCUT2D eigenvalue weighted by Gasteiger charge is 2.23. The summed E-state index contributed by atoms with van der Waals surface area (Å²) < 4.78 is 9.66. The molecule has 25 heavy (non-hydrogen) atoms. The van der Waals surface area contributed by atoms with Crippen LogP contribution in [0.25, 0.3) is 0 Å². The molecule has 0 radical (unpaired) electrons. The minimum absolute atomic E-state index is 0.0203. The van der Waals surface area contributed by atoms with E-state index in [0.717, 1.165) is 5.56 Å². The quantitative estimate of drug-likeness (QED) is 0.637. The number of nitrogens with one attached hydrogen (secondary N) is 1. The third-order valence-corrected chi connectivity index (χ3v) is 3.81. The number of aromatic hydroxyl groups is 1. The molecule has 0 saturated carbocycles. The van der Waals surface area contributed by atoms with Crippen molar-refractivity contribution < 1.29 is 29.0 Å². The molecule has 0 unspecified atom stereocenters. The van der Waals surface area contributed by atoms with Gasteiger partial charge in [-0.15, -0.1) is 0 Å². The Balaban J connectivity index is 2.13. The van der Waals surface area contributed by atoms with Crippen molar-refractivity contribution in [1.29, 1.82) is 0 Å². The third-order valence-electron chi connectivity index (χ3n) is 3.81. The highest BCUT2D eigenvalue weighted by atomic mass is 16.5. The predicted octanol–water partition coefficient (Wildman–Crippen LogP) is 2.47. The number of hydrogen-bond donors (Lipinski definition) is 2. The molecule has 0 fully saturated rings. The van der Waals surface area contributed by atoms with Gasteiger partial charge >= 0.3 is 11.9 Å². The van der Waals surface area contributed by atoms with Gasteiger partial charge in [-0.3, -0.25) is 4.79 Å². The van der Waals surface area contributed by atoms with Gasteiger partial charge in [0.2, 0.25) is 5.78 Å². The molecule has 0 aliphatic heterocycles. The lowest BCUT2D eigenvalue weighted by Gasteiger charge is -2.06. The predicted molar refractivity (Wildman–Crippen MR) is 89.1 cm³/mol. The van der Waals surface area contributed by atoms with Crippen LogP contribution in [-0.4, -0.2) is 41.5 Å². The van der Waals surface area contributed by atoms with Crippen LogP contribution in [0.15, 0.2) is 18.2 Å². The van der Waals surface area contributed by atoms with Gasteiger partial charge in [0, 0.05) is 5.69 Å². The number of Topliss-reactive ketones (excluding diaryl/α,β-unsaturated/α-hetero) is 1. The molecular weight excluding hydrogens is 326 g/mol. The van der Waals surface area contributed by atoms with Gasteiger partial charge < -0.3 is 19.6 Å². The number of phenols is 1. The van der Waals surface area contributed by atoms with Crippen LogP contribution < -0.4 is 0 Å². The number of ketones is 1. The Labute approximate surface area is 144 Å². The molecule has 1 aromatic heterocycles. The Bertz CT molecular complexity index is 849. The fourth-order valence-corrected chi connectivity index (χ4v) is 2.53. The van der Waals surface area contributed by atoms with E-state index in [2.05, 4.69) is 9.72 Å². The number of H-pyrrole nitrogens is 1. The van der Waals surface area contributed by atoms with Gasteiger partial charge in [-0.1, -0.05) is 6.07 Å². The van der Waals surface area contributed by atoms with Gasteiger partial charge in [0.15, 0.2) is 6.61 Å². The number of carbonyl (C=O) groups is 3. The van der Waals surface area contributed by atoms with E-state index in [1.165, 1.54) is 19.2 Å². The maximum Gasteiger partial charge on any atom is 0.342 e. The lowest BCUT2D eigenvalue weighted by Crippen LogP contribution is -2.15. The van der Waals surface area contributed by atoms with E-state index in [1.54, 1.807) is 26.8 Å². The Hall–Kier alpha value is -3.09. The van der Waals surface area contributed by atoms with Crippen LogP contribution in [0.1, 0.15) is 48.0 Å². The molecule has 132 valence electrons. The standard InChI is InChI=1S/C18H19NO6/c1-9-5-6-12(13(20)7-9)17(22)25-8-14(21)16-10(2)15(11(3)19-16)18(23)24-4/h5-7,19-20H,8H2,1-4H3. The zero-order valence-corrected chi connectivity index (χ0v) is 14.4. The van der Waals surface area contributed by atoms with Gasteiger partial charge in [-0.05, 0) is 44.0 Å². The third kappa shape index (κ3) is 3.71. The Morgan fingerprint density at radius 2 is 1.80 bits per heavy atom. The first-order valence-electron chi connectivity index (χ1n) is 7.53. The van der Waals surface area contributed by atoms with Crippen LogP contribution in [-0.2, 0) is 9.47 Å². The van der Waals surface area contributed by atoms with Crippen molar-refractivity contribution in [2.24, 2.45) is 0 Å². The fourth-order valence-electron chi connectivity index (χ4n) is 2.53. The number of phenolic OH excluding ortho intramolecular Hbond substituents is 1. The number of carbonyl (C=O) groups excluding carboxylic acids is 3. The summed E-state index contributed by atoms with van der Waals surface area (Å²) in [5.41, 5.74) is 2.16. The molecule has 7 heteroatoms. The molecular formula is C18H19NO6. The minimum Gasteiger partial charge on any atom is -0.507 e. The maximum atomic E-state index is 12.3. The summed E-state index contributed by atoms with van der Waals surface area (Å²) in [5.74, 6) is -2.06. The number of rotatable bonds is 5.